The maximum absolute atomic E-state index is 12.2. The largest absolute Gasteiger partial charge is 0.352 e. The van der Waals surface area contributed by atoms with Crippen molar-refractivity contribution in [3.63, 3.8) is 0 Å². The summed E-state index contributed by atoms with van der Waals surface area (Å²) in [6.45, 7) is 7.75. The molecule has 2 atom stereocenters. The Morgan fingerprint density at radius 3 is 2.63 bits per heavy atom. The number of hydrogen-bond acceptors (Lipinski definition) is 3. The van der Waals surface area contributed by atoms with Gasteiger partial charge >= 0.3 is 0 Å². The first-order valence-electron chi connectivity index (χ1n) is 7.17. The summed E-state index contributed by atoms with van der Waals surface area (Å²) in [5.41, 5.74) is 5.73. The van der Waals surface area contributed by atoms with Gasteiger partial charge in [0.05, 0.1) is 0 Å². The standard InChI is InChI=1S/C14H27N3O2/c1-10(2)6-12(8-15)7-14(19)17-5-4-13(9-17)16-11(3)18/h10,12-13H,4-9,15H2,1-3H3,(H,16,18). The lowest BCUT2D eigenvalue weighted by molar-refractivity contribution is -0.131. The zero-order valence-electron chi connectivity index (χ0n) is 12.3. The maximum Gasteiger partial charge on any atom is 0.222 e. The Bertz CT molecular complexity index is 318. The third kappa shape index (κ3) is 5.59. The van der Waals surface area contributed by atoms with Crippen molar-refractivity contribution in [2.24, 2.45) is 17.6 Å². The average Bonchev–Trinajstić information content (AvgIpc) is 2.75. The second-order valence-corrected chi connectivity index (χ2v) is 5.96. The fourth-order valence-electron chi connectivity index (χ4n) is 2.70. The molecule has 0 spiro atoms. The Balaban J connectivity index is 2.39. The Labute approximate surface area is 115 Å². The van der Waals surface area contributed by atoms with Gasteiger partial charge in [-0.25, -0.2) is 0 Å². The summed E-state index contributed by atoms with van der Waals surface area (Å²) in [6, 6.07) is 0.114. The molecule has 0 aromatic carbocycles. The molecule has 5 heteroatoms. The lowest BCUT2D eigenvalue weighted by atomic mass is 9.94. The predicted molar refractivity (Wildman–Crippen MR) is 75.4 cm³/mol. The quantitative estimate of drug-likeness (QED) is 0.746. The van der Waals surface area contributed by atoms with Crippen molar-refractivity contribution in [1.82, 2.24) is 10.2 Å². The van der Waals surface area contributed by atoms with Crippen LogP contribution in [0, 0.1) is 11.8 Å². The number of nitrogens with zero attached hydrogens (tertiary/aromatic N) is 1. The Hall–Kier alpha value is -1.10. The monoisotopic (exact) mass is 269 g/mol. The van der Waals surface area contributed by atoms with Crippen molar-refractivity contribution >= 4 is 11.8 Å². The maximum atomic E-state index is 12.2. The first-order chi connectivity index (χ1) is 8.92. The molecule has 1 aliphatic heterocycles. The van der Waals surface area contributed by atoms with Crippen LogP contribution in [0.25, 0.3) is 0 Å². The molecule has 3 N–H and O–H groups in total. The van der Waals surface area contributed by atoms with Gasteiger partial charge in [0.25, 0.3) is 0 Å². The Morgan fingerprint density at radius 1 is 1.42 bits per heavy atom. The molecule has 0 aromatic rings. The molecule has 0 bridgehead atoms. The van der Waals surface area contributed by atoms with Crippen LogP contribution in [0.15, 0.2) is 0 Å². The minimum atomic E-state index is -0.0288. The van der Waals surface area contributed by atoms with Crippen molar-refractivity contribution < 1.29 is 9.59 Å². The second kappa shape index (κ2) is 7.48. The second-order valence-electron chi connectivity index (χ2n) is 5.96. The highest BCUT2D eigenvalue weighted by Crippen LogP contribution is 2.18. The molecule has 1 rings (SSSR count). The summed E-state index contributed by atoms with van der Waals surface area (Å²) in [7, 11) is 0. The Morgan fingerprint density at radius 2 is 2.11 bits per heavy atom. The van der Waals surface area contributed by atoms with Crippen LogP contribution < -0.4 is 11.1 Å². The van der Waals surface area contributed by atoms with Gasteiger partial charge in [0.2, 0.25) is 11.8 Å². The van der Waals surface area contributed by atoms with Crippen molar-refractivity contribution in [2.45, 2.75) is 46.1 Å². The first-order valence-corrected chi connectivity index (χ1v) is 7.17. The molecule has 0 aromatic heterocycles. The van der Waals surface area contributed by atoms with Gasteiger partial charge in [0.1, 0.15) is 0 Å². The van der Waals surface area contributed by atoms with E-state index in [0.717, 1.165) is 19.4 Å². The topological polar surface area (TPSA) is 75.4 Å². The molecule has 1 fully saturated rings. The molecule has 0 radical (unpaired) electrons. The predicted octanol–water partition coefficient (Wildman–Crippen LogP) is 0.735. The molecule has 0 saturated carbocycles. The lowest BCUT2D eigenvalue weighted by Gasteiger charge is -2.21. The summed E-state index contributed by atoms with van der Waals surface area (Å²) >= 11 is 0. The molecule has 1 aliphatic rings. The van der Waals surface area contributed by atoms with Gasteiger partial charge in [-0.2, -0.15) is 0 Å². The van der Waals surface area contributed by atoms with Crippen LogP contribution in [-0.4, -0.2) is 42.4 Å². The number of hydrogen-bond donors (Lipinski definition) is 2. The smallest absolute Gasteiger partial charge is 0.222 e. The van der Waals surface area contributed by atoms with E-state index in [0.29, 0.717) is 25.4 Å². The van der Waals surface area contributed by atoms with Gasteiger partial charge in [-0.15, -0.1) is 0 Å². The summed E-state index contributed by atoms with van der Waals surface area (Å²) in [5, 5.41) is 2.87. The molecule has 2 amide bonds. The fraction of sp³-hybridized carbons (Fsp3) is 0.857. The van der Waals surface area contributed by atoms with Gasteiger partial charge in [0.15, 0.2) is 0 Å². The fourth-order valence-corrected chi connectivity index (χ4v) is 2.70. The van der Waals surface area contributed by atoms with E-state index in [-0.39, 0.29) is 23.8 Å². The van der Waals surface area contributed by atoms with E-state index in [1.807, 2.05) is 4.90 Å². The van der Waals surface area contributed by atoms with Gasteiger partial charge in [-0.05, 0) is 31.2 Å². The van der Waals surface area contributed by atoms with Crippen molar-refractivity contribution in [2.75, 3.05) is 19.6 Å². The van der Waals surface area contributed by atoms with Crippen molar-refractivity contribution in [1.29, 1.82) is 0 Å². The molecule has 1 saturated heterocycles. The van der Waals surface area contributed by atoms with Crippen LogP contribution in [0.4, 0.5) is 0 Å². The van der Waals surface area contributed by atoms with Gasteiger partial charge in [-0.3, -0.25) is 9.59 Å². The number of likely N-dealkylation sites (tertiary alicyclic amines) is 1. The highest BCUT2D eigenvalue weighted by atomic mass is 16.2. The molecular formula is C14H27N3O2. The van der Waals surface area contributed by atoms with Crippen LogP contribution in [0.2, 0.25) is 0 Å². The van der Waals surface area contributed by atoms with E-state index in [4.69, 9.17) is 5.73 Å². The van der Waals surface area contributed by atoms with Crippen LogP contribution in [-0.2, 0) is 9.59 Å². The molecule has 2 unspecified atom stereocenters. The number of rotatable bonds is 6. The summed E-state index contributed by atoms with van der Waals surface area (Å²) in [4.78, 5) is 25.0. The normalized spacial score (nSPS) is 20.7. The summed E-state index contributed by atoms with van der Waals surface area (Å²) in [6.07, 6.45) is 2.37. The number of carbonyl (C=O) groups is 2. The average molecular weight is 269 g/mol. The van der Waals surface area contributed by atoms with Crippen LogP contribution in [0.3, 0.4) is 0 Å². The van der Waals surface area contributed by atoms with Crippen LogP contribution >= 0.6 is 0 Å². The number of nitrogens with two attached hydrogens (primary N) is 1. The van der Waals surface area contributed by atoms with E-state index < -0.39 is 0 Å². The van der Waals surface area contributed by atoms with E-state index in [2.05, 4.69) is 19.2 Å². The number of nitrogens with one attached hydrogen (secondary N) is 1. The SMILES string of the molecule is CC(=O)NC1CCN(C(=O)CC(CN)CC(C)C)C1. The molecule has 0 aliphatic carbocycles. The van der Waals surface area contributed by atoms with E-state index in [1.54, 1.807) is 0 Å². The van der Waals surface area contributed by atoms with Crippen molar-refractivity contribution in [3.05, 3.63) is 0 Å². The zero-order chi connectivity index (χ0) is 14.4. The van der Waals surface area contributed by atoms with Crippen LogP contribution in [0.1, 0.15) is 40.0 Å². The lowest BCUT2D eigenvalue weighted by Crippen LogP contribution is -2.38. The van der Waals surface area contributed by atoms with Crippen molar-refractivity contribution in [3.8, 4) is 0 Å². The third-order valence-corrected chi connectivity index (χ3v) is 3.55. The van der Waals surface area contributed by atoms with E-state index in [9.17, 15) is 9.59 Å². The summed E-state index contributed by atoms with van der Waals surface area (Å²) < 4.78 is 0. The Kier molecular flexibility index (Phi) is 6.28. The molecule has 5 nitrogen and oxygen atoms in total. The highest BCUT2D eigenvalue weighted by molar-refractivity contribution is 5.77. The van der Waals surface area contributed by atoms with E-state index in [1.165, 1.54) is 6.92 Å². The van der Waals surface area contributed by atoms with Crippen LogP contribution in [0.5, 0.6) is 0 Å². The van der Waals surface area contributed by atoms with Gasteiger partial charge in [-0.1, -0.05) is 13.8 Å². The molecule has 110 valence electrons. The van der Waals surface area contributed by atoms with Gasteiger partial charge in [0, 0.05) is 32.5 Å². The summed E-state index contributed by atoms with van der Waals surface area (Å²) in [5.74, 6) is 0.974. The molecule has 1 heterocycles. The highest BCUT2D eigenvalue weighted by Gasteiger charge is 2.27. The minimum absolute atomic E-state index is 0.0288. The number of carbonyl (C=O) groups excluding carboxylic acids is 2. The van der Waals surface area contributed by atoms with E-state index >= 15 is 0 Å². The zero-order valence-corrected chi connectivity index (χ0v) is 12.3. The third-order valence-electron chi connectivity index (χ3n) is 3.55. The number of amides is 2. The molecular weight excluding hydrogens is 242 g/mol. The first kappa shape index (κ1) is 16.0. The molecule has 19 heavy (non-hydrogen) atoms. The minimum Gasteiger partial charge on any atom is -0.352 e. The van der Waals surface area contributed by atoms with Gasteiger partial charge < -0.3 is 16.0 Å².